The van der Waals surface area contributed by atoms with Crippen molar-refractivity contribution >= 4 is 27.5 Å². The Morgan fingerprint density at radius 1 is 1.33 bits per heavy atom. The van der Waals surface area contributed by atoms with Crippen LogP contribution in [0.5, 0.6) is 5.75 Å². The fourth-order valence-electron chi connectivity index (χ4n) is 1.40. The first kappa shape index (κ1) is 12.5. The third-order valence-corrected chi connectivity index (χ3v) is 2.75. The van der Waals surface area contributed by atoms with E-state index in [1.54, 1.807) is 25.3 Å². The van der Waals surface area contributed by atoms with Crippen molar-refractivity contribution in [2.75, 3.05) is 12.4 Å². The van der Waals surface area contributed by atoms with Gasteiger partial charge in [-0.2, -0.15) is 10.2 Å². The molecule has 1 heterocycles. The summed E-state index contributed by atoms with van der Waals surface area (Å²) in [7, 11) is 1.55. The number of ether oxygens (including phenoxy) is 1. The topological polar surface area (TPSA) is 64.1 Å². The Morgan fingerprint density at radius 2 is 2.17 bits per heavy atom. The molecule has 0 radical (unpaired) electrons. The quantitative estimate of drug-likeness (QED) is 0.946. The number of hydrogen-bond acceptors (Lipinski definition) is 4. The first-order chi connectivity index (χ1) is 8.70. The number of rotatable bonds is 3. The van der Waals surface area contributed by atoms with E-state index in [-0.39, 0.29) is 5.91 Å². The van der Waals surface area contributed by atoms with Crippen LogP contribution in [0, 0.1) is 0 Å². The van der Waals surface area contributed by atoms with Gasteiger partial charge in [-0.3, -0.25) is 4.79 Å². The van der Waals surface area contributed by atoms with Gasteiger partial charge in [-0.1, -0.05) is 15.9 Å². The second-order valence-electron chi connectivity index (χ2n) is 3.43. The van der Waals surface area contributed by atoms with E-state index in [1.807, 2.05) is 6.07 Å². The Kier molecular flexibility index (Phi) is 3.88. The summed E-state index contributed by atoms with van der Waals surface area (Å²) >= 11 is 3.34. The fourth-order valence-corrected chi connectivity index (χ4v) is 1.76. The lowest BCUT2D eigenvalue weighted by Gasteiger charge is -2.10. The van der Waals surface area contributed by atoms with Gasteiger partial charge in [0.1, 0.15) is 5.75 Å². The Balaban J connectivity index is 2.24. The van der Waals surface area contributed by atoms with Crippen LogP contribution in [0.1, 0.15) is 10.4 Å². The van der Waals surface area contributed by atoms with E-state index in [2.05, 4.69) is 31.4 Å². The molecule has 1 N–H and O–H groups in total. The van der Waals surface area contributed by atoms with E-state index in [0.717, 1.165) is 4.47 Å². The van der Waals surface area contributed by atoms with Crippen molar-refractivity contribution in [3.63, 3.8) is 0 Å². The standard InChI is InChI=1S/C12H10BrN3O2/c1-18-11-3-2-9(13)6-10(11)16-12(17)8-4-5-14-15-7-8/h2-7H,1H3,(H,16,17). The van der Waals surface area contributed by atoms with Crippen molar-refractivity contribution in [2.24, 2.45) is 0 Å². The molecular weight excluding hydrogens is 298 g/mol. The maximum atomic E-state index is 11.9. The van der Waals surface area contributed by atoms with Crippen LogP contribution in [0.15, 0.2) is 41.1 Å². The van der Waals surface area contributed by atoms with Crippen molar-refractivity contribution in [3.8, 4) is 5.75 Å². The van der Waals surface area contributed by atoms with Gasteiger partial charge < -0.3 is 10.1 Å². The second kappa shape index (κ2) is 5.59. The molecule has 1 aromatic heterocycles. The number of nitrogens with one attached hydrogen (secondary N) is 1. The summed E-state index contributed by atoms with van der Waals surface area (Å²) in [5.74, 6) is 0.329. The largest absolute Gasteiger partial charge is 0.495 e. The molecule has 92 valence electrons. The molecule has 0 aliphatic heterocycles. The van der Waals surface area contributed by atoms with E-state index in [4.69, 9.17) is 4.74 Å². The Hall–Kier alpha value is -1.95. The lowest BCUT2D eigenvalue weighted by molar-refractivity contribution is 0.102. The number of amides is 1. The highest BCUT2D eigenvalue weighted by molar-refractivity contribution is 9.10. The summed E-state index contributed by atoms with van der Waals surface area (Å²) in [4.78, 5) is 11.9. The van der Waals surface area contributed by atoms with Crippen molar-refractivity contribution in [2.45, 2.75) is 0 Å². The molecule has 1 aromatic carbocycles. The van der Waals surface area contributed by atoms with Crippen LogP contribution in [0.25, 0.3) is 0 Å². The van der Waals surface area contributed by atoms with Gasteiger partial charge in [0, 0.05) is 4.47 Å². The molecule has 0 aliphatic rings. The molecule has 0 bridgehead atoms. The first-order valence-electron chi connectivity index (χ1n) is 5.12. The van der Waals surface area contributed by atoms with Gasteiger partial charge in [0.2, 0.25) is 0 Å². The number of nitrogens with zero attached hydrogens (tertiary/aromatic N) is 2. The van der Waals surface area contributed by atoms with Gasteiger partial charge in [0.05, 0.1) is 30.8 Å². The molecule has 0 saturated heterocycles. The zero-order valence-electron chi connectivity index (χ0n) is 9.55. The summed E-state index contributed by atoms with van der Waals surface area (Å²) in [6, 6.07) is 6.96. The normalized spacial score (nSPS) is 9.89. The lowest BCUT2D eigenvalue weighted by atomic mass is 10.2. The van der Waals surface area contributed by atoms with Crippen LogP contribution in [-0.4, -0.2) is 23.2 Å². The van der Waals surface area contributed by atoms with Crippen LogP contribution in [0.4, 0.5) is 5.69 Å². The summed E-state index contributed by atoms with van der Waals surface area (Å²) in [6.45, 7) is 0. The maximum absolute atomic E-state index is 11.9. The zero-order chi connectivity index (χ0) is 13.0. The van der Waals surface area contributed by atoms with Crippen LogP contribution >= 0.6 is 15.9 Å². The summed E-state index contributed by atoms with van der Waals surface area (Å²) in [6.07, 6.45) is 2.87. The predicted octanol–water partition coefficient (Wildman–Crippen LogP) is 2.50. The Morgan fingerprint density at radius 3 is 2.83 bits per heavy atom. The summed E-state index contributed by atoms with van der Waals surface area (Å²) < 4.78 is 6.03. The monoisotopic (exact) mass is 307 g/mol. The third-order valence-electron chi connectivity index (χ3n) is 2.26. The first-order valence-corrected chi connectivity index (χ1v) is 5.91. The molecule has 0 aliphatic carbocycles. The number of carbonyl (C=O) groups excluding carboxylic acids is 1. The SMILES string of the molecule is COc1ccc(Br)cc1NC(=O)c1ccnnc1. The van der Waals surface area contributed by atoms with Gasteiger partial charge in [0.15, 0.2) is 0 Å². The molecule has 0 spiro atoms. The molecule has 0 unspecified atom stereocenters. The Labute approximate surface area is 112 Å². The molecule has 0 atom stereocenters. The number of hydrogen-bond donors (Lipinski definition) is 1. The number of halogens is 1. The van der Waals surface area contributed by atoms with Crippen LogP contribution < -0.4 is 10.1 Å². The maximum Gasteiger partial charge on any atom is 0.257 e. The highest BCUT2D eigenvalue weighted by Gasteiger charge is 2.10. The van der Waals surface area contributed by atoms with Crippen LogP contribution in [-0.2, 0) is 0 Å². The molecule has 1 amide bonds. The molecular formula is C12H10BrN3O2. The summed E-state index contributed by atoms with van der Waals surface area (Å²) in [5, 5.41) is 10.0. The average Bonchev–Trinajstić information content (AvgIpc) is 2.40. The zero-order valence-corrected chi connectivity index (χ0v) is 11.1. The molecule has 5 nitrogen and oxygen atoms in total. The number of aromatic nitrogens is 2. The molecule has 2 rings (SSSR count). The minimum atomic E-state index is -0.263. The molecule has 6 heteroatoms. The molecule has 2 aromatic rings. The van der Waals surface area contributed by atoms with E-state index in [0.29, 0.717) is 17.0 Å². The van der Waals surface area contributed by atoms with Gasteiger partial charge in [-0.15, -0.1) is 0 Å². The van der Waals surface area contributed by atoms with Crippen molar-refractivity contribution in [1.82, 2.24) is 10.2 Å². The Bertz CT molecular complexity index is 561. The van der Waals surface area contributed by atoms with Crippen LogP contribution in [0.3, 0.4) is 0 Å². The van der Waals surface area contributed by atoms with Crippen molar-refractivity contribution < 1.29 is 9.53 Å². The van der Waals surface area contributed by atoms with E-state index >= 15 is 0 Å². The van der Waals surface area contributed by atoms with Gasteiger partial charge >= 0.3 is 0 Å². The predicted molar refractivity (Wildman–Crippen MR) is 70.7 cm³/mol. The third kappa shape index (κ3) is 2.84. The smallest absolute Gasteiger partial charge is 0.257 e. The van der Waals surface area contributed by atoms with E-state index < -0.39 is 0 Å². The van der Waals surface area contributed by atoms with Gasteiger partial charge in [0.25, 0.3) is 5.91 Å². The fraction of sp³-hybridized carbons (Fsp3) is 0.0833. The molecule has 18 heavy (non-hydrogen) atoms. The van der Waals surface area contributed by atoms with Crippen molar-refractivity contribution in [3.05, 3.63) is 46.7 Å². The highest BCUT2D eigenvalue weighted by atomic mass is 79.9. The van der Waals surface area contributed by atoms with Gasteiger partial charge in [-0.05, 0) is 24.3 Å². The minimum absolute atomic E-state index is 0.263. The van der Waals surface area contributed by atoms with Crippen molar-refractivity contribution in [1.29, 1.82) is 0 Å². The molecule has 0 saturated carbocycles. The van der Waals surface area contributed by atoms with Gasteiger partial charge in [-0.25, -0.2) is 0 Å². The minimum Gasteiger partial charge on any atom is -0.495 e. The van der Waals surface area contributed by atoms with E-state index in [1.165, 1.54) is 12.4 Å². The number of methoxy groups -OCH3 is 1. The number of benzene rings is 1. The molecule has 0 fully saturated rings. The number of anilines is 1. The van der Waals surface area contributed by atoms with E-state index in [9.17, 15) is 4.79 Å². The lowest BCUT2D eigenvalue weighted by Crippen LogP contribution is -2.13. The second-order valence-corrected chi connectivity index (χ2v) is 4.35. The van der Waals surface area contributed by atoms with Crippen LogP contribution in [0.2, 0.25) is 0 Å². The number of carbonyl (C=O) groups is 1. The average molecular weight is 308 g/mol. The summed E-state index contributed by atoms with van der Waals surface area (Å²) in [5.41, 5.74) is 1.03. The highest BCUT2D eigenvalue weighted by Crippen LogP contribution is 2.28.